The van der Waals surface area contributed by atoms with Crippen LogP contribution in [0.5, 0.6) is 0 Å². The monoisotopic (exact) mass is 370 g/mol. The number of benzene rings is 2. The van der Waals surface area contributed by atoms with Crippen LogP contribution < -0.4 is 5.32 Å². The van der Waals surface area contributed by atoms with E-state index in [2.05, 4.69) is 5.32 Å². The van der Waals surface area contributed by atoms with Gasteiger partial charge in [-0.15, -0.1) is 0 Å². The summed E-state index contributed by atoms with van der Waals surface area (Å²) in [5.41, 5.74) is 0.00740. The molecule has 0 bridgehead atoms. The van der Waals surface area contributed by atoms with E-state index in [1.54, 1.807) is 18.7 Å². The van der Waals surface area contributed by atoms with Crippen molar-refractivity contribution in [2.75, 3.05) is 25.0 Å². The van der Waals surface area contributed by atoms with Crippen LogP contribution in [-0.4, -0.2) is 41.5 Å². The van der Waals surface area contributed by atoms with Gasteiger partial charge in [-0.3, -0.25) is 14.5 Å². The lowest BCUT2D eigenvalue weighted by molar-refractivity contribution is -0.147. The van der Waals surface area contributed by atoms with Gasteiger partial charge < -0.3 is 10.4 Å². The number of carboxylic acids is 1. The Morgan fingerprint density at radius 2 is 1.85 bits per heavy atom. The second-order valence-electron chi connectivity index (χ2n) is 6.79. The molecule has 1 unspecified atom stereocenters. The first-order chi connectivity index (χ1) is 12.5. The molecule has 6 heteroatoms. The highest BCUT2D eigenvalue weighted by molar-refractivity contribution is 7.99. The zero-order valence-corrected chi connectivity index (χ0v) is 15.5. The Bertz CT molecular complexity index is 797. The zero-order chi connectivity index (χ0) is 18.6. The molecule has 2 aromatic carbocycles. The summed E-state index contributed by atoms with van der Waals surface area (Å²) in [5.74, 6) is -0.925. The fraction of sp³-hybridized carbons (Fsp3) is 0.300. The lowest BCUT2D eigenvalue weighted by Gasteiger charge is -2.20. The second-order valence-corrected chi connectivity index (χ2v) is 7.90. The number of amides is 1. The van der Waals surface area contributed by atoms with Crippen molar-refractivity contribution >= 4 is 29.3 Å². The predicted octanol–water partition coefficient (Wildman–Crippen LogP) is 3.57. The average Bonchev–Trinajstić information content (AvgIpc) is 3.00. The van der Waals surface area contributed by atoms with Crippen molar-refractivity contribution in [3.05, 3.63) is 54.6 Å². The SMILES string of the molecule is CC1(C(=O)O)CCN(CC(=O)Nc2ccccc2Sc2ccccc2)C1. The minimum Gasteiger partial charge on any atom is -0.481 e. The Hall–Kier alpha value is -2.31. The van der Waals surface area contributed by atoms with Crippen LogP contribution in [0.4, 0.5) is 5.69 Å². The summed E-state index contributed by atoms with van der Waals surface area (Å²) >= 11 is 1.60. The molecule has 1 atom stereocenters. The van der Waals surface area contributed by atoms with Gasteiger partial charge in [-0.25, -0.2) is 0 Å². The smallest absolute Gasteiger partial charge is 0.310 e. The molecule has 1 saturated heterocycles. The van der Waals surface area contributed by atoms with Crippen LogP contribution in [0.1, 0.15) is 13.3 Å². The molecule has 26 heavy (non-hydrogen) atoms. The number of hydrogen-bond acceptors (Lipinski definition) is 4. The van der Waals surface area contributed by atoms with Gasteiger partial charge in [0, 0.05) is 16.3 Å². The number of rotatable bonds is 6. The number of nitrogens with one attached hydrogen (secondary N) is 1. The molecule has 0 spiro atoms. The van der Waals surface area contributed by atoms with Crippen molar-refractivity contribution in [3.63, 3.8) is 0 Å². The topological polar surface area (TPSA) is 69.6 Å². The standard InChI is InChI=1S/C20H22N2O3S/c1-20(19(24)25)11-12-22(14-20)13-18(23)21-16-9-5-6-10-17(16)26-15-7-3-2-4-8-15/h2-10H,11-14H2,1H3,(H,21,23)(H,24,25). The van der Waals surface area contributed by atoms with E-state index in [-0.39, 0.29) is 12.5 Å². The number of anilines is 1. The summed E-state index contributed by atoms with van der Waals surface area (Å²) in [6.45, 7) is 2.96. The molecule has 1 amide bonds. The van der Waals surface area contributed by atoms with Gasteiger partial charge >= 0.3 is 5.97 Å². The highest BCUT2D eigenvalue weighted by atomic mass is 32.2. The van der Waals surface area contributed by atoms with Crippen molar-refractivity contribution in [1.82, 2.24) is 4.90 Å². The van der Waals surface area contributed by atoms with Crippen LogP contribution in [0, 0.1) is 5.41 Å². The molecule has 2 N–H and O–H groups in total. The highest BCUT2D eigenvalue weighted by Gasteiger charge is 2.40. The van der Waals surface area contributed by atoms with Gasteiger partial charge in [-0.1, -0.05) is 42.1 Å². The normalized spacial score (nSPS) is 20.0. The third-order valence-corrected chi connectivity index (χ3v) is 5.65. The fourth-order valence-electron chi connectivity index (χ4n) is 3.03. The molecule has 1 aliphatic rings. The maximum atomic E-state index is 12.4. The van der Waals surface area contributed by atoms with Gasteiger partial charge in [0.2, 0.25) is 5.91 Å². The Morgan fingerprint density at radius 1 is 1.15 bits per heavy atom. The molecule has 5 nitrogen and oxygen atoms in total. The van der Waals surface area contributed by atoms with Gasteiger partial charge in [0.05, 0.1) is 17.6 Å². The van der Waals surface area contributed by atoms with Crippen molar-refractivity contribution < 1.29 is 14.7 Å². The highest BCUT2D eigenvalue weighted by Crippen LogP contribution is 2.33. The summed E-state index contributed by atoms with van der Waals surface area (Å²) in [6, 6.07) is 17.7. The largest absolute Gasteiger partial charge is 0.481 e. The Morgan fingerprint density at radius 3 is 2.54 bits per heavy atom. The quantitative estimate of drug-likeness (QED) is 0.813. The van der Waals surface area contributed by atoms with E-state index < -0.39 is 11.4 Å². The first-order valence-corrected chi connectivity index (χ1v) is 9.35. The predicted molar refractivity (Wildman–Crippen MR) is 102 cm³/mol. The van der Waals surface area contributed by atoms with Crippen LogP contribution in [0.25, 0.3) is 0 Å². The lowest BCUT2D eigenvalue weighted by Crippen LogP contribution is -2.35. The van der Waals surface area contributed by atoms with E-state index in [1.165, 1.54) is 0 Å². The third kappa shape index (κ3) is 4.45. The van der Waals surface area contributed by atoms with E-state index in [0.29, 0.717) is 19.5 Å². The number of likely N-dealkylation sites (tertiary alicyclic amines) is 1. The molecule has 0 aliphatic carbocycles. The first kappa shape index (κ1) is 18.5. The Kier molecular flexibility index (Phi) is 5.64. The van der Waals surface area contributed by atoms with E-state index in [4.69, 9.17) is 0 Å². The zero-order valence-electron chi connectivity index (χ0n) is 14.6. The van der Waals surface area contributed by atoms with Gasteiger partial charge in [0.15, 0.2) is 0 Å². The van der Waals surface area contributed by atoms with Crippen LogP contribution in [0.2, 0.25) is 0 Å². The first-order valence-electron chi connectivity index (χ1n) is 8.54. The van der Waals surface area contributed by atoms with Crippen LogP contribution >= 0.6 is 11.8 Å². The van der Waals surface area contributed by atoms with Gasteiger partial charge in [0.25, 0.3) is 0 Å². The number of carbonyl (C=O) groups excluding carboxylic acids is 1. The van der Waals surface area contributed by atoms with Crippen molar-refractivity contribution in [2.24, 2.45) is 5.41 Å². The number of para-hydroxylation sites is 1. The number of hydrogen-bond donors (Lipinski definition) is 2. The molecule has 2 aromatic rings. The van der Waals surface area contributed by atoms with E-state index in [0.717, 1.165) is 15.5 Å². The van der Waals surface area contributed by atoms with Crippen LogP contribution in [0.15, 0.2) is 64.4 Å². The van der Waals surface area contributed by atoms with Gasteiger partial charge in [-0.05, 0) is 44.2 Å². The third-order valence-electron chi connectivity index (χ3n) is 4.57. The molecule has 0 aromatic heterocycles. The maximum Gasteiger partial charge on any atom is 0.310 e. The van der Waals surface area contributed by atoms with E-state index in [9.17, 15) is 14.7 Å². The average molecular weight is 370 g/mol. The molecule has 1 heterocycles. The summed E-state index contributed by atoms with van der Waals surface area (Å²) in [4.78, 5) is 27.8. The number of nitrogens with zero attached hydrogens (tertiary/aromatic N) is 1. The lowest BCUT2D eigenvalue weighted by atomic mass is 9.90. The number of carbonyl (C=O) groups is 2. The maximum absolute atomic E-state index is 12.4. The minimum absolute atomic E-state index is 0.124. The Labute approximate surface area is 157 Å². The summed E-state index contributed by atoms with van der Waals surface area (Å²) in [6.07, 6.45) is 0.566. The van der Waals surface area contributed by atoms with Crippen LogP contribution in [-0.2, 0) is 9.59 Å². The van der Waals surface area contributed by atoms with Gasteiger partial charge in [-0.2, -0.15) is 0 Å². The molecular formula is C20H22N2O3S. The van der Waals surface area contributed by atoms with E-state index in [1.807, 2.05) is 59.5 Å². The number of aliphatic carboxylic acids is 1. The van der Waals surface area contributed by atoms with Crippen LogP contribution in [0.3, 0.4) is 0 Å². The molecule has 3 rings (SSSR count). The van der Waals surface area contributed by atoms with Crippen molar-refractivity contribution in [3.8, 4) is 0 Å². The van der Waals surface area contributed by atoms with E-state index >= 15 is 0 Å². The molecule has 1 fully saturated rings. The van der Waals surface area contributed by atoms with Gasteiger partial charge in [0.1, 0.15) is 0 Å². The summed E-state index contributed by atoms with van der Waals surface area (Å²) < 4.78 is 0. The molecule has 136 valence electrons. The minimum atomic E-state index is -0.801. The molecule has 0 saturated carbocycles. The van der Waals surface area contributed by atoms with Crippen molar-refractivity contribution in [2.45, 2.75) is 23.1 Å². The fourth-order valence-corrected chi connectivity index (χ4v) is 3.96. The van der Waals surface area contributed by atoms with Crippen molar-refractivity contribution in [1.29, 1.82) is 0 Å². The number of carboxylic acid groups (broad SMARTS) is 1. The molecular weight excluding hydrogens is 348 g/mol. The summed E-state index contributed by atoms with van der Waals surface area (Å²) in [7, 11) is 0. The second kappa shape index (κ2) is 7.93. The molecule has 1 aliphatic heterocycles. The Balaban J connectivity index is 1.62. The summed E-state index contributed by atoms with van der Waals surface area (Å²) in [5, 5.41) is 12.3. The molecule has 0 radical (unpaired) electrons.